The molecule has 0 saturated carbocycles. The van der Waals surface area contributed by atoms with Gasteiger partial charge in [-0.3, -0.25) is 38.6 Å². The maximum atomic E-state index is 15.0. The Labute approximate surface area is 571 Å². The van der Waals surface area contributed by atoms with Crippen LogP contribution in [0.5, 0.6) is 11.5 Å². The molecule has 3 aromatic carbocycles. The van der Waals surface area contributed by atoms with Crippen molar-refractivity contribution in [3.8, 4) is 34.1 Å². The van der Waals surface area contributed by atoms with Crippen LogP contribution in [0.4, 0.5) is 10.5 Å². The van der Waals surface area contributed by atoms with E-state index in [0.29, 0.717) is 17.0 Å². The van der Waals surface area contributed by atoms with Gasteiger partial charge in [0.2, 0.25) is 35.4 Å². The molecule has 0 bridgehead atoms. The van der Waals surface area contributed by atoms with Gasteiger partial charge < -0.3 is 106 Å². The minimum Gasteiger partial charge on any atom is -0.691 e. The monoisotopic (exact) mass is 1360 g/mol. The molecule has 1 aromatic heterocycles. The van der Waals surface area contributed by atoms with Gasteiger partial charge in [-0.1, -0.05) is 42.9 Å². The molecule has 5 heterocycles. The van der Waals surface area contributed by atoms with Gasteiger partial charge in [0, 0.05) is 92.9 Å². The van der Waals surface area contributed by atoms with Gasteiger partial charge >= 0.3 is 35.7 Å². The van der Waals surface area contributed by atoms with Gasteiger partial charge in [0.25, 0.3) is 18.2 Å². The number of ether oxygens (including phenoxy) is 2. The summed E-state index contributed by atoms with van der Waals surface area (Å²) in [5, 5.41) is 112. The molecule has 34 heteroatoms. The first-order valence-electron chi connectivity index (χ1n) is 30.2. The molecular formula is C61H77N10NaO22S. The number of benzene rings is 3. The molecule has 0 unspecified atom stereocenters. The van der Waals surface area contributed by atoms with Crippen molar-refractivity contribution < 1.29 is 136 Å². The molecule has 15 atom stereocenters. The second kappa shape index (κ2) is 34.5. The summed E-state index contributed by atoms with van der Waals surface area (Å²) in [4.78, 5) is 118. The zero-order valence-corrected chi connectivity index (χ0v) is 55.4. The topological polar surface area (TPSA) is 455 Å². The van der Waals surface area contributed by atoms with Crippen LogP contribution >= 0.6 is 12.3 Å². The smallest absolute Gasteiger partial charge is 0.691 e. The van der Waals surface area contributed by atoms with Crippen LogP contribution in [-0.4, -0.2) is 229 Å². The fraction of sp³-hybridized carbons (Fsp3) is 0.492. The molecule has 0 radical (unpaired) electrons. The third kappa shape index (κ3) is 19.4. The molecule has 4 aliphatic rings. The molecule has 95 heavy (non-hydrogen) atoms. The van der Waals surface area contributed by atoms with E-state index >= 15 is 0 Å². The van der Waals surface area contributed by atoms with Crippen LogP contribution in [0.3, 0.4) is 0 Å². The number of alkyl carbamates (subject to hydrolysis) is 1. The van der Waals surface area contributed by atoms with E-state index in [0.717, 1.165) is 53.2 Å². The van der Waals surface area contributed by atoms with Gasteiger partial charge in [-0.25, -0.2) is 4.79 Å². The average Bonchev–Trinajstić information content (AvgIpc) is 1.69. The molecule has 4 saturated heterocycles. The van der Waals surface area contributed by atoms with E-state index in [-0.39, 0.29) is 84.1 Å². The molecule has 32 nitrogen and oxygen atoms in total. The van der Waals surface area contributed by atoms with Gasteiger partial charge in [-0.2, -0.15) is 0 Å². The standard InChI is InChI=1S/C61H78N10O22S.Na/c1-6-19-88-61(86)62-18-17-45(76)51-60(85)71-26-30(2)53(78)52(71)58(83)63-25-39(73)22-42(64-54(79)37-10-8-35(9-11-37)41-24-47(90-68-41)36-12-14-38(15-13-36)69-27-31(3)89-32(4)28-69)55(80)65-49(33(5)72)59(84)70-29-40(74)23-43(70)56(81)66-50(57(82)67-51)46(77)20-34-7-16-44(75)48(21-34)91-94-93-92-87;/h6-16,21,24,30-33,39-40,42-43,45-46,49-53,72-78,87H,1,17-20,22-23,25-29H2,2-5H3,(H,62,86)(H,63,83)(H,64,79)(H,65,80)(H,66,81)(H,67,82);/q;+1/p-1/t30-,31-,32+,33+,39+,40+,42+,43+,45-,46-,49+,50+,51+,52+,53+;/m1./s1. The van der Waals surface area contributed by atoms with Gasteiger partial charge in [0.15, 0.2) is 17.3 Å². The van der Waals surface area contributed by atoms with Crippen molar-refractivity contribution in [3.05, 3.63) is 96.6 Å². The quantitative estimate of drug-likeness (QED) is 0.0104. The van der Waals surface area contributed by atoms with Gasteiger partial charge in [0.05, 0.1) is 48.8 Å². The van der Waals surface area contributed by atoms with Crippen LogP contribution in [0, 0.1) is 5.92 Å². The van der Waals surface area contributed by atoms with Crippen LogP contribution in [0.15, 0.2) is 90.0 Å². The Hall–Kier alpha value is -7.48. The number of morpholine rings is 1. The normalized spacial score (nSPS) is 26.6. The zero-order valence-electron chi connectivity index (χ0n) is 52.6. The SMILES string of the molecule is C=CCOC(=O)NCC[C@@H](O)[C@@H]1NC(=O)[C@H]([C@H](O)Cc2ccc(O)c(OSOO[O-])c2)NC(=O)[C@@H]2C[C@H](O)CN2C(=O)[C@H]([C@H](C)O)NC(=O)[C@@H](NC(=O)c2ccc(-c3cc(-c4ccc(N5C[C@@H](C)O[C@@H](C)C5)cc4)on3)cc2)C[C@H](O)CNC(=O)[C@@H]2[C@@H](O)[C@H](C)CN2C1=O.[Na+]. The van der Waals surface area contributed by atoms with Gasteiger partial charge in [-0.05, 0) is 81.3 Å². The number of hydrogen-bond donors (Lipinski definition) is 13. The third-order valence-corrected chi connectivity index (χ3v) is 16.7. The van der Waals surface area contributed by atoms with Crippen molar-refractivity contribution >= 4 is 65.5 Å². The number of anilines is 1. The summed E-state index contributed by atoms with van der Waals surface area (Å²) in [5.74, 6) is -9.38. The first kappa shape index (κ1) is 74.9. The summed E-state index contributed by atoms with van der Waals surface area (Å²) in [5.41, 5.74) is 2.80. The molecule has 510 valence electrons. The molecule has 8 rings (SSSR count). The number of carbonyl (C=O) groups is 8. The predicted molar refractivity (Wildman–Crippen MR) is 327 cm³/mol. The Balaban J connectivity index is 0.0000128. The van der Waals surface area contributed by atoms with Crippen molar-refractivity contribution in [2.75, 3.05) is 50.8 Å². The van der Waals surface area contributed by atoms with Crippen LogP contribution in [0.1, 0.15) is 62.9 Å². The third-order valence-electron chi connectivity index (χ3n) is 16.3. The fourth-order valence-electron chi connectivity index (χ4n) is 11.6. The Kier molecular flexibility index (Phi) is 27.2. The van der Waals surface area contributed by atoms with Crippen LogP contribution in [0.25, 0.3) is 22.6 Å². The largest absolute Gasteiger partial charge is 1.00 e. The van der Waals surface area contributed by atoms with E-state index in [9.17, 15) is 79.4 Å². The number of carbonyl (C=O) groups excluding carboxylic acids is 8. The van der Waals surface area contributed by atoms with E-state index < -0.39 is 177 Å². The summed E-state index contributed by atoms with van der Waals surface area (Å²) in [6.45, 7) is 9.27. The second-order valence-corrected chi connectivity index (χ2v) is 24.0. The predicted octanol–water partition coefficient (Wildman–Crippen LogP) is -5.25. The summed E-state index contributed by atoms with van der Waals surface area (Å²) in [6, 6.07) is 7.40. The minimum absolute atomic E-state index is 0. The van der Waals surface area contributed by atoms with Crippen LogP contribution < -0.4 is 75.8 Å². The first-order chi connectivity index (χ1) is 44.8. The number of hydrogen-bond acceptors (Lipinski definition) is 25. The molecule has 0 spiro atoms. The molecule has 8 amide bonds. The number of nitrogens with zero attached hydrogens (tertiary/aromatic N) is 4. The number of phenols is 1. The number of β-amino-alcohol motifs (C(OH)–C–C–N with tert-alkyl or cyclic N) is 1. The number of aromatic nitrogens is 1. The fourth-order valence-corrected chi connectivity index (χ4v) is 11.8. The second-order valence-electron chi connectivity index (χ2n) is 23.6. The minimum atomic E-state index is -2.19. The summed E-state index contributed by atoms with van der Waals surface area (Å²) in [7, 11) is 0. The van der Waals surface area contributed by atoms with Crippen molar-refractivity contribution in [1.29, 1.82) is 0 Å². The van der Waals surface area contributed by atoms with Crippen molar-refractivity contribution in [1.82, 2.24) is 46.9 Å². The number of nitrogens with one attached hydrogen (secondary N) is 6. The molecular weight excluding hydrogens is 1280 g/mol. The number of fused-ring (bicyclic) bond motifs is 2. The number of aliphatic hydroxyl groups excluding tert-OH is 6. The molecule has 13 N–H and O–H groups in total. The Morgan fingerprint density at radius 3 is 2.14 bits per heavy atom. The average molecular weight is 1360 g/mol. The summed E-state index contributed by atoms with van der Waals surface area (Å²) in [6.07, 6.45) is -12.5. The van der Waals surface area contributed by atoms with Crippen molar-refractivity contribution in [2.24, 2.45) is 5.92 Å². The molecule has 4 aliphatic heterocycles. The maximum absolute atomic E-state index is 15.0. The number of phenolic OH excluding ortho intramolecular Hbond substituents is 1. The van der Waals surface area contributed by atoms with Gasteiger partial charge in [-0.15, -0.1) is 4.33 Å². The van der Waals surface area contributed by atoms with E-state index in [2.05, 4.69) is 57.9 Å². The number of rotatable bonds is 19. The summed E-state index contributed by atoms with van der Waals surface area (Å²) >= 11 is -0.00148. The maximum Gasteiger partial charge on any atom is 1.00 e. The van der Waals surface area contributed by atoms with Crippen LogP contribution in [-0.2, 0) is 54.0 Å². The molecule has 4 aromatic rings. The Morgan fingerprint density at radius 2 is 1.46 bits per heavy atom. The van der Waals surface area contributed by atoms with Crippen LogP contribution in [0.2, 0.25) is 0 Å². The molecule has 0 aliphatic carbocycles. The Bertz CT molecular complexity index is 3330. The van der Waals surface area contributed by atoms with E-state index in [1.165, 1.54) is 31.2 Å². The number of amides is 8. The van der Waals surface area contributed by atoms with Crippen molar-refractivity contribution in [2.45, 2.75) is 138 Å². The zero-order chi connectivity index (χ0) is 68.1. The number of aliphatic hydroxyl groups is 6. The molecule has 4 fully saturated rings. The van der Waals surface area contributed by atoms with Gasteiger partial charge in [0.1, 0.15) is 48.6 Å². The van der Waals surface area contributed by atoms with Crippen molar-refractivity contribution in [3.63, 3.8) is 0 Å². The Morgan fingerprint density at radius 1 is 0.800 bits per heavy atom. The van der Waals surface area contributed by atoms with E-state index in [4.69, 9.17) is 18.2 Å². The first-order valence-corrected chi connectivity index (χ1v) is 30.9. The number of aromatic hydroxyl groups is 1. The van der Waals surface area contributed by atoms with E-state index in [1.54, 1.807) is 18.2 Å². The summed E-state index contributed by atoms with van der Waals surface area (Å²) < 4.78 is 25.7. The van der Waals surface area contributed by atoms with E-state index in [1.807, 2.05) is 38.1 Å².